The molecule has 1 N–H and O–H groups in total. The van der Waals surface area contributed by atoms with Gasteiger partial charge in [-0.1, -0.05) is 11.6 Å². The smallest absolute Gasteiger partial charge is 0.127 e. The van der Waals surface area contributed by atoms with Crippen LogP contribution < -0.4 is 10.2 Å². The number of anilines is 2. The van der Waals surface area contributed by atoms with Crippen molar-refractivity contribution in [2.24, 2.45) is 4.99 Å². The van der Waals surface area contributed by atoms with Gasteiger partial charge in [-0.05, 0) is 30.3 Å². The molecule has 3 heterocycles. The van der Waals surface area contributed by atoms with Crippen molar-refractivity contribution in [3.8, 4) is 0 Å². The fourth-order valence-corrected chi connectivity index (χ4v) is 3.86. The van der Waals surface area contributed by atoms with E-state index in [1.807, 2.05) is 49.9 Å². The highest BCUT2D eigenvalue weighted by Gasteiger charge is 2.21. The number of hydrogen-bond donors (Lipinski definition) is 1. The molecule has 0 aliphatic carbocycles. The molecule has 4 rings (SSSR count). The van der Waals surface area contributed by atoms with E-state index in [1.165, 1.54) is 4.88 Å². The highest BCUT2D eigenvalue weighted by Crippen LogP contribution is 2.43. The first-order chi connectivity index (χ1) is 10.8. The van der Waals surface area contributed by atoms with Gasteiger partial charge in [-0.15, -0.1) is 11.3 Å². The topological polar surface area (TPSA) is 40.5 Å². The summed E-state index contributed by atoms with van der Waals surface area (Å²) in [5.41, 5.74) is 3.18. The molecule has 0 unspecified atom stereocenters. The van der Waals surface area contributed by atoms with Gasteiger partial charge >= 0.3 is 0 Å². The first kappa shape index (κ1) is 13.5. The first-order valence-corrected chi connectivity index (χ1v) is 8.10. The van der Waals surface area contributed by atoms with E-state index in [2.05, 4.69) is 20.2 Å². The zero-order valence-electron chi connectivity index (χ0n) is 11.9. The van der Waals surface area contributed by atoms with Gasteiger partial charge in [0.1, 0.15) is 4.83 Å². The molecule has 6 heteroatoms. The van der Waals surface area contributed by atoms with E-state index in [-0.39, 0.29) is 0 Å². The summed E-state index contributed by atoms with van der Waals surface area (Å²) in [6, 6.07) is 9.78. The Balaban J connectivity index is 1.78. The Morgan fingerprint density at radius 2 is 2.05 bits per heavy atom. The normalized spacial score (nSPS) is 13.5. The van der Waals surface area contributed by atoms with Crippen molar-refractivity contribution in [3.63, 3.8) is 0 Å². The zero-order chi connectivity index (χ0) is 15.1. The zero-order valence-corrected chi connectivity index (χ0v) is 13.4. The van der Waals surface area contributed by atoms with Crippen LogP contribution in [0.25, 0.3) is 10.2 Å². The molecule has 0 spiro atoms. The van der Waals surface area contributed by atoms with Gasteiger partial charge in [0, 0.05) is 29.6 Å². The van der Waals surface area contributed by atoms with Crippen molar-refractivity contribution in [2.45, 2.75) is 6.54 Å². The molecule has 0 amide bonds. The van der Waals surface area contributed by atoms with E-state index in [4.69, 9.17) is 11.6 Å². The molecule has 2 aromatic heterocycles. The molecule has 0 radical (unpaired) electrons. The summed E-state index contributed by atoms with van der Waals surface area (Å²) in [7, 11) is 1.92. The minimum Gasteiger partial charge on any atom is -0.387 e. The third-order valence-electron chi connectivity index (χ3n) is 3.70. The standard InChI is InChI=1S/C16H13ClN4S/c1-18-12-6-7-19-16-14(12)15-13(22-16)8-21(9-20-15)11-4-2-10(17)3-5-11/h2-7,9H,8H2,1H3,(H,18,19). The highest BCUT2D eigenvalue weighted by molar-refractivity contribution is 7.19. The Hall–Kier alpha value is -2.11. The van der Waals surface area contributed by atoms with Crippen LogP contribution >= 0.6 is 22.9 Å². The summed E-state index contributed by atoms with van der Waals surface area (Å²) in [6.07, 6.45) is 3.71. The van der Waals surface area contributed by atoms with Crippen LogP contribution in [0.15, 0.2) is 41.5 Å². The predicted molar refractivity (Wildman–Crippen MR) is 95.0 cm³/mol. The lowest BCUT2D eigenvalue weighted by Crippen LogP contribution is -2.22. The molecule has 4 nitrogen and oxygen atoms in total. The molecular weight excluding hydrogens is 316 g/mol. The Bertz CT molecular complexity index is 870. The molecule has 22 heavy (non-hydrogen) atoms. The third-order valence-corrected chi connectivity index (χ3v) is 5.03. The van der Waals surface area contributed by atoms with Crippen molar-refractivity contribution >= 4 is 56.6 Å². The summed E-state index contributed by atoms with van der Waals surface area (Å²) in [5, 5.41) is 5.07. The molecule has 1 aromatic carbocycles. The Morgan fingerprint density at radius 3 is 2.82 bits per heavy atom. The van der Waals surface area contributed by atoms with Gasteiger partial charge in [0.25, 0.3) is 0 Å². The first-order valence-electron chi connectivity index (χ1n) is 6.91. The summed E-state index contributed by atoms with van der Waals surface area (Å²) in [5.74, 6) is 0. The van der Waals surface area contributed by atoms with E-state index in [0.717, 1.165) is 38.8 Å². The van der Waals surface area contributed by atoms with Crippen molar-refractivity contribution in [1.29, 1.82) is 0 Å². The SMILES string of the molecule is CNc1ccnc2sc3c(c12)N=CN(c1ccc(Cl)cc1)C3. The second-order valence-electron chi connectivity index (χ2n) is 5.01. The van der Waals surface area contributed by atoms with Gasteiger partial charge < -0.3 is 10.2 Å². The number of benzene rings is 1. The van der Waals surface area contributed by atoms with Gasteiger partial charge in [-0.25, -0.2) is 9.98 Å². The van der Waals surface area contributed by atoms with Crippen molar-refractivity contribution < 1.29 is 0 Å². The van der Waals surface area contributed by atoms with Crippen LogP contribution in [0.2, 0.25) is 5.02 Å². The molecule has 0 bridgehead atoms. The number of hydrogen-bond acceptors (Lipinski definition) is 5. The molecule has 1 aliphatic rings. The fourth-order valence-electron chi connectivity index (χ4n) is 2.62. The van der Waals surface area contributed by atoms with Crippen LogP contribution in [0, 0.1) is 0 Å². The van der Waals surface area contributed by atoms with Gasteiger partial charge in [0.2, 0.25) is 0 Å². The lowest BCUT2D eigenvalue weighted by molar-refractivity contribution is 1.03. The van der Waals surface area contributed by atoms with E-state index in [1.54, 1.807) is 11.3 Å². The number of rotatable bonds is 2. The lowest BCUT2D eigenvalue weighted by Gasteiger charge is -2.22. The largest absolute Gasteiger partial charge is 0.387 e. The quantitative estimate of drug-likeness (QED) is 0.743. The van der Waals surface area contributed by atoms with Crippen molar-refractivity contribution in [2.75, 3.05) is 17.3 Å². The molecule has 0 saturated carbocycles. The second kappa shape index (κ2) is 5.26. The molecule has 3 aromatic rings. The second-order valence-corrected chi connectivity index (χ2v) is 6.53. The molecular formula is C16H13ClN4S. The number of nitrogens with zero attached hydrogens (tertiary/aromatic N) is 3. The van der Waals surface area contributed by atoms with Crippen LogP contribution in [0.5, 0.6) is 0 Å². The average molecular weight is 329 g/mol. The number of halogens is 1. The van der Waals surface area contributed by atoms with Crippen molar-refractivity contribution in [1.82, 2.24) is 4.98 Å². The maximum atomic E-state index is 5.95. The van der Waals surface area contributed by atoms with Crippen LogP contribution in [-0.4, -0.2) is 18.4 Å². The lowest BCUT2D eigenvalue weighted by atomic mass is 10.2. The van der Waals surface area contributed by atoms with E-state index >= 15 is 0 Å². The monoisotopic (exact) mass is 328 g/mol. The number of aromatic nitrogens is 1. The van der Waals surface area contributed by atoms with Crippen molar-refractivity contribution in [3.05, 3.63) is 46.4 Å². The maximum Gasteiger partial charge on any atom is 0.127 e. The van der Waals surface area contributed by atoms with Gasteiger partial charge in [0.05, 0.1) is 28.8 Å². The maximum absolute atomic E-state index is 5.95. The molecule has 0 fully saturated rings. The number of fused-ring (bicyclic) bond motifs is 3. The third kappa shape index (κ3) is 2.14. The average Bonchev–Trinajstić information content (AvgIpc) is 2.93. The number of thiophene rings is 1. The van der Waals surface area contributed by atoms with E-state index in [9.17, 15) is 0 Å². The minimum atomic E-state index is 0.739. The minimum absolute atomic E-state index is 0.739. The van der Waals surface area contributed by atoms with E-state index in [0.29, 0.717) is 0 Å². The van der Waals surface area contributed by atoms with Crippen LogP contribution in [0.4, 0.5) is 17.1 Å². The number of nitrogens with one attached hydrogen (secondary N) is 1. The Morgan fingerprint density at radius 1 is 1.23 bits per heavy atom. The fraction of sp³-hybridized carbons (Fsp3) is 0.125. The number of pyridine rings is 1. The van der Waals surface area contributed by atoms with Crippen LogP contribution in [0.1, 0.15) is 4.88 Å². The van der Waals surface area contributed by atoms with Crippen LogP contribution in [0.3, 0.4) is 0 Å². The Labute approximate surface area is 137 Å². The highest BCUT2D eigenvalue weighted by atomic mass is 35.5. The van der Waals surface area contributed by atoms with Gasteiger partial charge in [-0.2, -0.15) is 0 Å². The predicted octanol–water partition coefficient (Wildman–Crippen LogP) is 4.67. The molecule has 110 valence electrons. The Kier molecular flexibility index (Phi) is 3.24. The summed E-state index contributed by atoms with van der Waals surface area (Å²) in [4.78, 5) is 13.5. The van der Waals surface area contributed by atoms with Gasteiger partial charge in [-0.3, -0.25) is 0 Å². The summed E-state index contributed by atoms with van der Waals surface area (Å²) < 4.78 is 0. The van der Waals surface area contributed by atoms with Crippen LogP contribution in [-0.2, 0) is 6.54 Å². The molecule has 1 aliphatic heterocycles. The summed E-state index contributed by atoms with van der Waals surface area (Å²) >= 11 is 7.65. The molecule has 0 atom stereocenters. The summed E-state index contributed by atoms with van der Waals surface area (Å²) in [6.45, 7) is 0.796. The molecule has 0 saturated heterocycles. The van der Waals surface area contributed by atoms with E-state index < -0.39 is 0 Å². The number of aliphatic imine (C=N–C) groups is 1. The van der Waals surface area contributed by atoms with Gasteiger partial charge in [0.15, 0.2) is 0 Å².